The molecule has 0 aliphatic carbocycles. The van der Waals surface area contributed by atoms with Crippen molar-refractivity contribution in [3.8, 4) is 11.3 Å². The quantitative estimate of drug-likeness (QED) is 0.799. The molecule has 5 heteroatoms. The largest absolute Gasteiger partial charge is 0.207 e. The van der Waals surface area contributed by atoms with Gasteiger partial charge in [-0.3, -0.25) is 0 Å². The van der Waals surface area contributed by atoms with Gasteiger partial charge in [-0.15, -0.1) is 10.2 Å². The molecular weight excluding hydrogens is 282 g/mol. The molecule has 76 valence electrons. The molecule has 0 atom stereocenters. The van der Waals surface area contributed by atoms with Crippen molar-refractivity contribution in [2.45, 2.75) is 0 Å². The lowest BCUT2D eigenvalue weighted by atomic mass is 10.1. The summed E-state index contributed by atoms with van der Waals surface area (Å²) in [4.78, 5) is 0. The van der Waals surface area contributed by atoms with Gasteiger partial charge in [0.15, 0.2) is 5.15 Å². The first-order chi connectivity index (χ1) is 7.16. The molecule has 2 nitrogen and oxygen atoms in total. The fraction of sp³-hybridized carbons (Fsp3) is 0. The normalized spacial score (nSPS) is 10.3. The Bertz CT molecular complexity index is 505. The zero-order chi connectivity index (χ0) is 10.8. The number of rotatable bonds is 1. The van der Waals surface area contributed by atoms with Crippen molar-refractivity contribution < 1.29 is 4.39 Å². The lowest BCUT2D eigenvalue weighted by molar-refractivity contribution is 0.628. The van der Waals surface area contributed by atoms with Crippen molar-refractivity contribution in [1.29, 1.82) is 0 Å². The molecule has 0 saturated heterocycles. The van der Waals surface area contributed by atoms with Crippen LogP contribution in [0.5, 0.6) is 0 Å². The van der Waals surface area contributed by atoms with Crippen LogP contribution in [-0.2, 0) is 0 Å². The highest BCUT2D eigenvalue weighted by molar-refractivity contribution is 9.10. The number of benzene rings is 1. The summed E-state index contributed by atoms with van der Waals surface area (Å²) in [5, 5.41) is 7.89. The van der Waals surface area contributed by atoms with Crippen molar-refractivity contribution in [2.75, 3.05) is 0 Å². The molecule has 2 rings (SSSR count). The molecule has 0 aliphatic heterocycles. The highest BCUT2D eigenvalue weighted by Crippen LogP contribution is 2.24. The zero-order valence-corrected chi connectivity index (χ0v) is 9.76. The summed E-state index contributed by atoms with van der Waals surface area (Å²) in [6, 6.07) is 7.85. The summed E-state index contributed by atoms with van der Waals surface area (Å²) in [5.74, 6) is -0.305. The van der Waals surface area contributed by atoms with Crippen LogP contribution in [0.3, 0.4) is 0 Å². The fourth-order valence-electron chi connectivity index (χ4n) is 1.14. The third-order valence-corrected chi connectivity index (χ3v) is 2.94. The Labute approximate surface area is 99.2 Å². The average Bonchev–Trinajstić information content (AvgIpc) is 2.22. The number of hydrogen-bond acceptors (Lipinski definition) is 2. The van der Waals surface area contributed by atoms with E-state index in [-0.39, 0.29) is 11.0 Å². The maximum atomic E-state index is 12.9. The first kappa shape index (κ1) is 10.5. The molecule has 0 radical (unpaired) electrons. The minimum absolute atomic E-state index is 0.287. The van der Waals surface area contributed by atoms with Crippen LogP contribution in [0, 0.1) is 5.82 Å². The van der Waals surface area contributed by atoms with Crippen LogP contribution in [0.1, 0.15) is 0 Å². The predicted octanol–water partition coefficient (Wildman–Crippen LogP) is 3.70. The van der Waals surface area contributed by atoms with Gasteiger partial charge in [-0.05, 0) is 34.1 Å². The van der Waals surface area contributed by atoms with E-state index in [1.165, 1.54) is 12.1 Å². The molecule has 0 spiro atoms. The van der Waals surface area contributed by atoms with Gasteiger partial charge >= 0.3 is 0 Å². The maximum Gasteiger partial charge on any atom is 0.165 e. The van der Waals surface area contributed by atoms with Gasteiger partial charge in [0.05, 0.1) is 10.2 Å². The highest BCUT2D eigenvalue weighted by atomic mass is 79.9. The number of aromatic nitrogens is 2. The molecule has 0 fully saturated rings. The molecule has 0 saturated carbocycles. The Morgan fingerprint density at radius 1 is 1.20 bits per heavy atom. The SMILES string of the molecule is Fc1cccc(-c2cc(Br)c(Cl)nn2)c1. The lowest BCUT2D eigenvalue weighted by Gasteiger charge is -2.01. The first-order valence-corrected chi connectivity index (χ1v) is 5.28. The number of hydrogen-bond donors (Lipinski definition) is 0. The molecule has 15 heavy (non-hydrogen) atoms. The number of nitrogens with zero attached hydrogens (tertiary/aromatic N) is 2. The molecule has 0 N–H and O–H groups in total. The molecule has 1 heterocycles. The average molecular weight is 288 g/mol. The lowest BCUT2D eigenvalue weighted by Crippen LogP contribution is -1.89. The Kier molecular flexibility index (Phi) is 2.98. The highest BCUT2D eigenvalue weighted by Gasteiger charge is 2.05. The van der Waals surface area contributed by atoms with E-state index in [0.29, 0.717) is 15.7 Å². The van der Waals surface area contributed by atoms with Gasteiger partial charge in [0.1, 0.15) is 5.82 Å². The van der Waals surface area contributed by atoms with E-state index in [0.717, 1.165) is 0 Å². The van der Waals surface area contributed by atoms with Gasteiger partial charge in [0.25, 0.3) is 0 Å². The van der Waals surface area contributed by atoms with E-state index in [1.54, 1.807) is 18.2 Å². The maximum absolute atomic E-state index is 12.9. The van der Waals surface area contributed by atoms with E-state index in [4.69, 9.17) is 11.6 Å². The summed E-state index contributed by atoms with van der Waals surface area (Å²) in [7, 11) is 0. The van der Waals surface area contributed by atoms with Gasteiger partial charge in [0.2, 0.25) is 0 Å². The minimum atomic E-state index is -0.305. The smallest absolute Gasteiger partial charge is 0.165 e. The third-order valence-electron chi connectivity index (χ3n) is 1.83. The molecule has 0 amide bonds. The van der Waals surface area contributed by atoms with Crippen LogP contribution in [0.25, 0.3) is 11.3 Å². The van der Waals surface area contributed by atoms with Crippen LogP contribution < -0.4 is 0 Å². The minimum Gasteiger partial charge on any atom is -0.207 e. The van der Waals surface area contributed by atoms with Crippen LogP contribution >= 0.6 is 27.5 Å². The Morgan fingerprint density at radius 2 is 2.00 bits per heavy atom. The fourth-order valence-corrected chi connectivity index (χ4v) is 1.53. The van der Waals surface area contributed by atoms with Gasteiger partial charge in [-0.2, -0.15) is 0 Å². The topological polar surface area (TPSA) is 25.8 Å². The summed E-state index contributed by atoms with van der Waals surface area (Å²) in [6.45, 7) is 0. The Balaban J connectivity index is 2.50. The Morgan fingerprint density at radius 3 is 2.67 bits per heavy atom. The first-order valence-electron chi connectivity index (χ1n) is 4.11. The summed E-state index contributed by atoms with van der Waals surface area (Å²) < 4.78 is 13.6. The third kappa shape index (κ3) is 2.33. The Hall–Kier alpha value is -1.00. The summed E-state index contributed by atoms with van der Waals surface area (Å²) in [5.41, 5.74) is 1.24. The zero-order valence-electron chi connectivity index (χ0n) is 7.42. The van der Waals surface area contributed by atoms with Crippen LogP contribution in [0.4, 0.5) is 4.39 Å². The van der Waals surface area contributed by atoms with Gasteiger partial charge < -0.3 is 0 Å². The van der Waals surface area contributed by atoms with Crippen molar-refractivity contribution in [3.05, 3.63) is 45.8 Å². The van der Waals surface area contributed by atoms with Crippen molar-refractivity contribution in [1.82, 2.24) is 10.2 Å². The van der Waals surface area contributed by atoms with E-state index in [9.17, 15) is 4.39 Å². The monoisotopic (exact) mass is 286 g/mol. The van der Waals surface area contributed by atoms with Crippen LogP contribution in [0.15, 0.2) is 34.8 Å². The van der Waals surface area contributed by atoms with Crippen LogP contribution in [0.2, 0.25) is 5.15 Å². The molecule has 1 aromatic heterocycles. The molecule has 0 unspecified atom stereocenters. The van der Waals surface area contributed by atoms with E-state index in [1.807, 2.05) is 0 Å². The standard InChI is InChI=1S/C10H5BrClFN2/c11-8-5-9(14-15-10(8)12)6-2-1-3-7(13)4-6/h1-5H. The molecular formula is C10H5BrClFN2. The molecule has 0 aliphatic rings. The molecule has 2 aromatic rings. The molecule has 0 bridgehead atoms. The number of halogens is 3. The van der Waals surface area contributed by atoms with Crippen molar-refractivity contribution in [3.63, 3.8) is 0 Å². The van der Waals surface area contributed by atoms with Crippen molar-refractivity contribution >= 4 is 27.5 Å². The second kappa shape index (κ2) is 4.24. The second-order valence-corrected chi connectivity index (χ2v) is 4.09. The summed E-state index contributed by atoms with van der Waals surface area (Å²) in [6.07, 6.45) is 0. The van der Waals surface area contributed by atoms with Gasteiger partial charge in [-0.25, -0.2) is 4.39 Å². The van der Waals surface area contributed by atoms with E-state index in [2.05, 4.69) is 26.1 Å². The van der Waals surface area contributed by atoms with E-state index >= 15 is 0 Å². The van der Waals surface area contributed by atoms with E-state index < -0.39 is 0 Å². The molecule has 1 aromatic carbocycles. The summed E-state index contributed by atoms with van der Waals surface area (Å²) >= 11 is 8.94. The van der Waals surface area contributed by atoms with Crippen molar-refractivity contribution in [2.24, 2.45) is 0 Å². The van der Waals surface area contributed by atoms with Gasteiger partial charge in [0, 0.05) is 5.56 Å². The van der Waals surface area contributed by atoms with Gasteiger partial charge in [-0.1, -0.05) is 23.7 Å². The van der Waals surface area contributed by atoms with Crippen LogP contribution in [-0.4, -0.2) is 10.2 Å². The second-order valence-electron chi connectivity index (χ2n) is 2.88. The predicted molar refractivity (Wildman–Crippen MR) is 60.1 cm³/mol.